The number of aromatic nitrogens is 2. The van der Waals surface area contributed by atoms with Crippen LogP contribution < -0.4 is 0 Å². The minimum atomic E-state index is -0.560. The van der Waals surface area contributed by atoms with Gasteiger partial charge in [0.15, 0.2) is 0 Å². The number of nitrogens with zero attached hydrogens (tertiary/aromatic N) is 2. The second-order valence-electron chi connectivity index (χ2n) is 6.75. The molecule has 2 aromatic rings. The number of piperidine rings is 1. The number of aliphatic hydroxyl groups excluding tert-OH is 1. The second kappa shape index (κ2) is 8.25. The molecule has 1 aromatic carbocycles. The molecule has 0 radical (unpaired) electrons. The van der Waals surface area contributed by atoms with Gasteiger partial charge >= 0.3 is 0 Å². The first-order chi connectivity index (χ1) is 12.1. The van der Waals surface area contributed by atoms with Gasteiger partial charge in [0.05, 0.1) is 12.3 Å². The third-order valence-corrected chi connectivity index (χ3v) is 4.87. The summed E-state index contributed by atoms with van der Waals surface area (Å²) in [6.45, 7) is 1.02. The minimum Gasteiger partial charge on any atom is -0.391 e. The van der Waals surface area contributed by atoms with Gasteiger partial charge in [-0.15, -0.1) is 0 Å². The van der Waals surface area contributed by atoms with Crippen LogP contribution in [0.2, 0.25) is 0 Å². The van der Waals surface area contributed by atoms with E-state index in [4.69, 9.17) is 0 Å². The monoisotopic (exact) mass is 345 g/mol. The molecule has 2 atom stereocenters. The molecule has 1 amide bonds. The molecule has 1 saturated heterocycles. The zero-order chi connectivity index (χ0) is 17.6. The number of carbonyl (C=O) groups excluding carboxylic acids is 1. The molecule has 1 fully saturated rings. The average Bonchev–Trinajstić information content (AvgIpc) is 3.10. The number of β-amino-alcohol motifs (C(OH)–C–C–N with tert-alkyl or cyclic N) is 1. The molecule has 3 rings (SSSR count). The first-order valence-corrected chi connectivity index (χ1v) is 8.80. The maximum absolute atomic E-state index is 13.3. The fourth-order valence-corrected chi connectivity index (χ4v) is 3.43. The minimum absolute atomic E-state index is 0.0665. The number of likely N-dealkylation sites (tertiary alicyclic amines) is 1. The molecular weight excluding hydrogens is 321 g/mol. The number of aliphatic hydroxyl groups is 1. The summed E-state index contributed by atoms with van der Waals surface area (Å²) in [7, 11) is 0. The van der Waals surface area contributed by atoms with E-state index >= 15 is 0 Å². The van der Waals surface area contributed by atoms with Crippen molar-refractivity contribution in [2.75, 3.05) is 13.1 Å². The first-order valence-electron chi connectivity index (χ1n) is 8.80. The zero-order valence-electron chi connectivity index (χ0n) is 14.2. The predicted molar refractivity (Wildman–Crippen MR) is 92.3 cm³/mol. The first kappa shape index (κ1) is 17.6. The van der Waals surface area contributed by atoms with Crippen LogP contribution in [0.4, 0.5) is 4.39 Å². The summed E-state index contributed by atoms with van der Waals surface area (Å²) in [6.07, 6.45) is 6.50. The summed E-state index contributed by atoms with van der Waals surface area (Å²) in [5.74, 6) is -0.0965. The maximum atomic E-state index is 13.3. The van der Waals surface area contributed by atoms with Crippen LogP contribution in [0.5, 0.6) is 0 Å². The Morgan fingerprint density at radius 3 is 3.00 bits per heavy atom. The van der Waals surface area contributed by atoms with E-state index in [1.165, 1.54) is 12.1 Å². The number of hydrogen-bond acceptors (Lipinski definition) is 3. The van der Waals surface area contributed by atoms with Crippen LogP contribution in [0.3, 0.4) is 0 Å². The number of hydrogen-bond donors (Lipinski definition) is 2. The number of aromatic amines is 1. The number of benzene rings is 1. The summed E-state index contributed by atoms with van der Waals surface area (Å²) in [4.78, 5) is 14.1. The molecule has 25 heavy (non-hydrogen) atoms. The number of halogens is 1. The molecule has 0 unspecified atom stereocenters. The van der Waals surface area contributed by atoms with Crippen LogP contribution in [0.25, 0.3) is 0 Å². The van der Waals surface area contributed by atoms with Crippen molar-refractivity contribution < 1.29 is 14.3 Å². The van der Waals surface area contributed by atoms with E-state index < -0.39 is 6.10 Å². The highest BCUT2D eigenvalue weighted by Gasteiger charge is 2.29. The molecular formula is C19H24FN3O2. The van der Waals surface area contributed by atoms with Gasteiger partial charge in [0, 0.05) is 25.7 Å². The Bertz CT molecular complexity index is 690. The van der Waals surface area contributed by atoms with Crippen LogP contribution in [-0.2, 0) is 17.6 Å². The fourth-order valence-electron chi connectivity index (χ4n) is 3.43. The van der Waals surface area contributed by atoms with Crippen molar-refractivity contribution in [2.45, 2.75) is 38.2 Å². The Hall–Kier alpha value is -2.21. The number of rotatable bonds is 6. The lowest BCUT2D eigenvalue weighted by Gasteiger charge is -2.36. The highest BCUT2D eigenvalue weighted by molar-refractivity contribution is 5.76. The van der Waals surface area contributed by atoms with E-state index in [1.807, 2.05) is 12.3 Å². The molecule has 0 spiro atoms. The van der Waals surface area contributed by atoms with Crippen LogP contribution in [0, 0.1) is 11.7 Å². The van der Waals surface area contributed by atoms with E-state index in [9.17, 15) is 14.3 Å². The number of amides is 1. The van der Waals surface area contributed by atoms with Crippen molar-refractivity contribution in [1.82, 2.24) is 15.1 Å². The molecule has 1 aliphatic heterocycles. The van der Waals surface area contributed by atoms with Gasteiger partial charge in [-0.1, -0.05) is 12.1 Å². The fraction of sp³-hybridized carbons (Fsp3) is 0.474. The Balaban J connectivity index is 1.45. The van der Waals surface area contributed by atoms with Crippen LogP contribution in [0.1, 0.15) is 30.4 Å². The van der Waals surface area contributed by atoms with Gasteiger partial charge in [-0.3, -0.25) is 9.89 Å². The van der Waals surface area contributed by atoms with Crippen molar-refractivity contribution >= 4 is 5.91 Å². The molecule has 0 bridgehead atoms. The van der Waals surface area contributed by atoms with Gasteiger partial charge in [-0.2, -0.15) is 5.10 Å². The summed E-state index contributed by atoms with van der Waals surface area (Å²) < 4.78 is 13.3. The van der Waals surface area contributed by atoms with E-state index in [0.29, 0.717) is 25.9 Å². The Kier molecular flexibility index (Phi) is 5.81. The highest BCUT2D eigenvalue weighted by Crippen LogP contribution is 2.23. The SMILES string of the molecule is O=C(CCCc1cn[nH]c1)N1CC[C@H](Cc2cccc(F)c2)[C@@H](O)C1. The number of carbonyl (C=O) groups is 1. The van der Waals surface area contributed by atoms with Crippen molar-refractivity contribution in [2.24, 2.45) is 5.92 Å². The lowest BCUT2D eigenvalue weighted by molar-refractivity contribution is -0.135. The molecule has 1 aliphatic rings. The topological polar surface area (TPSA) is 69.2 Å². The molecule has 5 nitrogen and oxygen atoms in total. The third kappa shape index (κ3) is 4.89. The predicted octanol–water partition coefficient (Wildman–Crippen LogP) is 2.32. The number of nitrogens with one attached hydrogen (secondary N) is 1. The zero-order valence-corrected chi connectivity index (χ0v) is 14.2. The van der Waals surface area contributed by atoms with Gasteiger partial charge in [-0.05, 0) is 54.9 Å². The van der Waals surface area contributed by atoms with E-state index in [1.54, 1.807) is 17.2 Å². The van der Waals surface area contributed by atoms with Gasteiger partial charge < -0.3 is 10.0 Å². The summed E-state index contributed by atoms with van der Waals surface area (Å²) in [6, 6.07) is 6.50. The van der Waals surface area contributed by atoms with Gasteiger partial charge in [0.25, 0.3) is 0 Å². The van der Waals surface area contributed by atoms with Crippen LogP contribution in [0.15, 0.2) is 36.7 Å². The lowest BCUT2D eigenvalue weighted by atomic mass is 9.87. The summed E-state index contributed by atoms with van der Waals surface area (Å²) in [5.41, 5.74) is 1.99. The summed E-state index contributed by atoms with van der Waals surface area (Å²) in [5, 5.41) is 17.0. The van der Waals surface area contributed by atoms with Gasteiger partial charge in [-0.25, -0.2) is 4.39 Å². The highest BCUT2D eigenvalue weighted by atomic mass is 19.1. The molecule has 6 heteroatoms. The molecule has 2 heterocycles. The van der Waals surface area contributed by atoms with Crippen molar-refractivity contribution in [1.29, 1.82) is 0 Å². The quantitative estimate of drug-likeness (QED) is 0.844. The average molecular weight is 345 g/mol. The Morgan fingerprint density at radius 1 is 1.40 bits per heavy atom. The maximum Gasteiger partial charge on any atom is 0.222 e. The molecule has 2 N–H and O–H groups in total. The largest absolute Gasteiger partial charge is 0.391 e. The summed E-state index contributed by atoms with van der Waals surface area (Å²) >= 11 is 0. The number of H-pyrrole nitrogens is 1. The molecule has 0 aliphatic carbocycles. The van der Waals surface area contributed by atoms with Crippen LogP contribution >= 0.6 is 0 Å². The molecule has 1 aromatic heterocycles. The number of aryl methyl sites for hydroxylation is 1. The van der Waals surface area contributed by atoms with Gasteiger partial charge in [0.1, 0.15) is 5.82 Å². The second-order valence-corrected chi connectivity index (χ2v) is 6.75. The molecule has 0 saturated carbocycles. The Labute approximate surface area is 146 Å². The third-order valence-electron chi connectivity index (χ3n) is 4.87. The van der Waals surface area contributed by atoms with Crippen molar-refractivity contribution in [3.8, 4) is 0 Å². The van der Waals surface area contributed by atoms with Crippen molar-refractivity contribution in [3.05, 3.63) is 53.6 Å². The van der Waals surface area contributed by atoms with E-state index in [0.717, 1.165) is 30.4 Å². The standard InChI is InChI=1S/C19H24FN3O2/c20-17-5-1-3-14(10-17)9-16-7-8-23(13-18(16)24)19(25)6-2-4-15-11-21-22-12-15/h1,3,5,10-12,16,18,24H,2,4,6-9,13H2,(H,21,22)/t16-,18+/m1/s1. The van der Waals surface area contributed by atoms with E-state index in [-0.39, 0.29) is 17.6 Å². The Morgan fingerprint density at radius 2 is 2.28 bits per heavy atom. The van der Waals surface area contributed by atoms with Crippen molar-refractivity contribution in [3.63, 3.8) is 0 Å². The lowest BCUT2D eigenvalue weighted by Crippen LogP contribution is -2.47. The smallest absolute Gasteiger partial charge is 0.222 e. The molecule has 134 valence electrons. The van der Waals surface area contributed by atoms with Crippen LogP contribution in [-0.4, -0.2) is 45.3 Å². The van der Waals surface area contributed by atoms with E-state index in [2.05, 4.69) is 10.2 Å². The van der Waals surface area contributed by atoms with Gasteiger partial charge in [0.2, 0.25) is 5.91 Å². The normalized spacial score (nSPS) is 20.6.